The van der Waals surface area contributed by atoms with Gasteiger partial charge < -0.3 is 0 Å². The van der Waals surface area contributed by atoms with E-state index in [-0.39, 0.29) is 0 Å². The van der Waals surface area contributed by atoms with Crippen molar-refractivity contribution in [2.24, 2.45) is 0 Å². The van der Waals surface area contributed by atoms with Crippen LogP contribution in [-0.2, 0) is 10.7 Å². The summed E-state index contributed by atoms with van der Waals surface area (Å²) in [5, 5.41) is 6.92. The zero-order chi connectivity index (χ0) is 20.5. The van der Waals surface area contributed by atoms with Crippen LogP contribution in [0.2, 0.25) is 0 Å². The first-order valence-electron chi connectivity index (χ1n) is 10.0. The van der Waals surface area contributed by atoms with E-state index >= 15 is 0 Å². The van der Waals surface area contributed by atoms with Gasteiger partial charge in [-0.3, -0.25) is 0 Å². The normalized spacial score (nSPS) is 11.3. The summed E-state index contributed by atoms with van der Waals surface area (Å²) < 4.78 is 0. The number of halogens is 2. The highest BCUT2D eigenvalue weighted by Crippen LogP contribution is 2.43. The van der Waals surface area contributed by atoms with Crippen LogP contribution in [0.5, 0.6) is 0 Å². The molecule has 0 saturated heterocycles. The number of alkyl halides is 2. The fourth-order valence-corrected chi connectivity index (χ4v) is 5.02. The summed E-state index contributed by atoms with van der Waals surface area (Å²) in [7, 11) is 0. The number of hydrogen-bond donors (Lipinski definition) is 0. The second-order valence-electron chi connectivity index (χ2n) is 7.50. The van der Waals surface area contributed by atoms with Crippen molar-refractivity contribution >= 4 is 53.4 Å². The highest BCUT2D eigenvalue weighted by Gasteiger charge is 2.16. The standard InChI is InChI=1S/C28H20Br2/c29-17-19-9-13-21(14-10-19)27-23-5-1-2-6-24(23)28(26-8-4-3-7-25(26)27)22-15-11-20(18-30)12-16-22/h1-16H,17-18H2. The average Bonchev–Trinajstić information content (AvgIpc) is 2.82. The topological polar surface area (TPSA) is 0 Å². The van der Waals surface area contributed by atoms with Gasteiger partial charge in [0.1, 0.15) is 0 Å². The van der Waals surface area contributed by atoms with Crippen LogP contribution in [0.15, 0.2) is 97.1 Å². The molecule has 0 fully saturated rings. The molecule has 146 valence electrons. The van der Waals surface area contributed by atoms with E-state index in [0.717, 1.165) is 10.7 Å². The molecule has 5 rings (SSSR count). The minimum absolute atomic E-state index is 0.873. The van der Waals surface area contributed by atoms with Crippen LogP contribution in [-0.4, -0.2) is 0 Å². The van der Waals surface area contributed by atoms with Gasteiger partial charge in [0, 0.05) is 10.7 Å². The fraction of sp³-hybridized carbons (Fsp3) is 0.0714. The molecule has 0 aromatic heterocycles. The molecule has 0 atom stereocenters. The SMILES string of the molecule is BrCc1ccc(-c2c3ccccc3c(-c3ccc(CBr)cc3)c3ccccc23)cc1. The molecule has 5 aromatic carbocycles. The Bertz CT molecular complexity index is 1170. The summed E-state index contributed by atoms with van der Waals surface area (Å²) >= 11 is 7.12. The molecule has 0 N–H and O–H groups in total. The molecule has 2 heteroatoms. The number of fused-ring (bicyclic) bond motifs is 2. The average molecular weight is 516 g/mol. The van der Waals surface area contributed by atoms with Crippen LogP contribution in [0, 0.1) is 0 Å². The summed E-state index contributed by atoms with van der Waals surface area (Å²) in [6.07, 6.45) is 0. The van der Waals surface area contributed by atoms with Crippen molar-refractivity contribution in [1.82, 2.24) is 0 Å². The van der Waals surface area contributed by atoms with E-state index < -0.39 is 0 Å². The van der Waals surface area contributed by atoms with Gasteiger partial charge in [-0.15, -0.1) is 0 Å². The van der Waals surface area contributed by atoms with Crippen molar-refractivity contribution in [3.05, 3.63) is 108 Å². The van der Waals surface area contributed by atoms with E-state index in [9.17, 15) is 0 Å². The van der Waals surface area contributed by atoms with Gasteiger partial charge in [0.25, 0.3) is 0 Å². The Balaban J connectivity index is 1.88. The first kappa shape index (κ1) is 19.5. The molecule has 0 nitrogen and oxygen atoms in total. The lowest BCUT2D eigenvalue weighted by molar-refractivity contribution is 1.44. The van der Waals surface area contributed by atoms with Crippen molar-refractivity contribution in [2.45, 2.75) is 10.7 Å². The van der Waals surface area contributed by atoms with E-state index in [1.807, 2.05) is 0 Å². The van der Waals surface area contributed by atoms with Gasteiger partial charge in [-0.25, -0.2) is 0 Å². The maximum Gasteiger partial charge on any atom is 0.0283 e. The van der Waals surface area contributed by atoms with Gasteiger partial charge in [0.2, 0.25) is 0 Å². The van der Waals surface area contributed by atoms with E-state index in [4.69, 9.17) is 0 Å². The zero-order valence-corrected chi connectivity index (χ0v) is 19.6. The maximum absolute atomic E-state index is 3.56. The van der Waals surface area contributed by atoms with Crippen molar-refractivity contribution < 1.29 is 0 Å². The Labute approximate surface area is 193 Å². The highest BCUT2D eigenvalue weighted by atomic mass is 79.9. The zero-order valence-electron chi connectivity index (χ0n) is 16.4. The fourth-order valence-electron chi connectivity index (χ4n) is 4.27. The van der Waals surface area contributed by atoms with Crippen molar-refractivity contribution in [3.63, 3.8) is 0 Å². The first-order valence-corrected chi connectivity index (χ1v) is 12.3. The van der Waals surface area contributed by atoms with E-state index in [0.29, 0.717) is 0 Å². The van der Waals surface area contributed by atoms with Gasteiger partial charge in [-0.1, -0.05) is 129 Å². The molecule has 0 aliphatic heterocycles. The molecule has 0 unspecified atom stereocenters. The van der Waals surface area contributed by atoms with Crippen LogP contribution < -0.4 is 0 Å². The predicted octanol–water partition coefficient (Wildman–Crippen LogP) is 9.12. The Kier molecular flexibility index (Phi) is 5.45. The first-order chi connectivity index (χ1) is 14.8. The van der Waals surface area contributed by atoms with Crippen molar-refractivity contribution in [3.8, 4) is 22.3 Å². The number of hydrogen-bond acceptors (Lipinski definition) is 0. The molecule has 5 aromatic rings. The third-order valence-corrected chi connectivity index (χ3v) is 7.02. The van der Waals surface area contributed by atoms with Gasteiger partial charge in [-0.2, -0.15) is 0 Å². The molecule has 0 bridgehead atoms. The predicted molar refractivity (Wildman–Crippen MR) is 138 cm³/mol. The molecule has 0 aliphatic rings. The molecule has 0 heterocycles. The molecule has 0 spiro atoms. The lowest BCUT2D eigenvalue weighted by Crippen LogP contribution is -1.91. The maximum atomic E-state index is 3.56. The molecule has 0 saturated carbocycles. The lowest BCUT2D eigenvalue weighted by atomic mass is 9.86. The summed E-state index contributed by atoms with van der Waals surface area (Å²) in [6, 6.07) is 35.4. The summed E-state index contributed by atoms with van der Waals surface area (Å²) in [5.41, 5.74) is 7.71. The third-order valence-electron chi connectivity index (χ3n) is 5.73. The lowest BCUT2D eigenvalue weighted by Gasteiger charge is -2.18. The van der Waals surface area contributed by atoms with Crippen LogP contribution >= 0.6 is 31.9 Å². The minimum atomic E-state index is 0.873. The van der Waals surface area contributed by atoms with Crippen molar-refractivity contribution in [1.29, 1.82) is 0 Å². The Hall–Kier alpha value is -2.42. The van der Waals surface area contributed by atoms with Crippen molar-refractivity contribution in [2.75, 3.05) is 0 Å². The summed E-state index contributed by atoms with van der Waals surface area (Å²) in [4.78, 5) is 0. The van der Waals surface area contributed by atoms with E-state index in [2.05, 4.69) is 129 Å². The summed E-state index contributed by atoms with van der Waals surface area (Å²) in [5.74, 6) is 0. The smallest absolute Gasteiger partial charge is 0.0283 e. The van der Waals surface area contributed by atoms with Crippen LogP contribution in [0.25, 0.3) is 43.8 Å². The van der Waals surface area contributed by atoms with Gasteiger partial charge in [-0.05, 0) is 54.9 Å². The molecule has 0 aliphatic carbocycles. The quantitative estimate of drug-likeness (QED) is 0.165. The highest BCUT2D eigenvalue weighted by molar-refractivity contribution is 9.08. The molecular formula is C28H20Br2. The monoisotopic (exact) mass is 514 g/mol. The number of benzene rings is 5. The molecule has 0 amide bonds. The number of rotatable bonds is 4. The second-order valence-corrected chi connectivity index (χ2v) is 8.62. The molecule has 30 heavy (non-hydrogen) atoms. The van der Waals surface area contributed by atoms with E-state index in [1.54, 1.807) is 0 Å². The summed E-state index contributed by atoms with van der Waals surface area (Å²) in [6.45, 7) is 0. The van der Waals surface area contributed by atoms with Crippen LogP contribution in [0.3, 0.4) is 0 Å². The van der Waals surface area contributed by atoms with Crippen LogP contribution in [0.1, 0.15) is 11.1 Å². The van der Waals surface area contributed by atoms with Gasteiger partial charge in [0.15, 0.2) is 0 Å². The minimum Gasteiger partial charge on any atom is -0.0876 e. The Morgan fingerprint density at radius 2 is 0.700 bits per heavy atom. The van der Waals surface area contributed by atoms with Gasteiger partial charge in [0.05, 0.1) is 0 Å². The Morgan fingerprint density at radius 1 is 0.400 bits per heavy atom. The molecule has 0 radical (unpaired) electrons. The Morgan fingerprint density at radius 3 is 0.967 bits per heavy atom. The van der Waals surface area contributed by atoms with Gasteiger partial charge >= 0.3 is 0 Å². The third kappa shape index (κ3) is 3.38. The molecular weight excluding hydrogens is 496 g/mol. The largest absolute Gasteiger partial charge is 0.0876 e. The van der Waals surface area contributed by atoms with E-state index in [1.165, 1.54) is 54.9 Å². The van der Waals surface area contributed by atoms with Crippen LogP contribution in [0.4, 0.5) is 0 Å². The second kappa shape index (κ2) is 8.37.